The molecule has 1 N–H and O–H groups in total. The number of sulfonamides is 1. The molecule has 0 unspecified atom stereocenters. The van der Waals surface area contributed by atoms with Crippen LogP contribution >= 0.6 is 0 Å². The summed E-state index contributed by atoms with van der Waals surface area (Å²) in [6, 6.07) is 10.6. The molecule has 0 heterocycles. The second-order valence-corrected chi connectivity index (χ2v) is 11.0. The van der Waals surface area contributed by atoms with Gasteiger partial charge in [-0.05, 0) is 68.5 Å². The van der Waals surface area contributed by atoms with Crippen LogP contribution in [0.4, 0.5) is 10.1 Å². The van der Waals surface area contributed by atoms with Crippen molar-refractivity contribution in [1.29, 1.82) is 0 Å². The Bertz CT molecular complexity index is 1140. The Labute approximate surface area is 214 Å². The summed E-state index contributed by atoms with van der Waals surface area (Å²) in [7, 11) is -3.56. The number of hydrogen-bond acceptors (Lipinski definition) is 4. The number of carbonyl (C=O) groups excluding carboxylic acids is 2. The number of carbonyl (C=O) groups is 2. The largest absolute Gasteiger partial charge is 0.354 e. The summed E-state index contributed by atoms with van der Waals surface area (Å²) in [5.74, 6) is -0.909. The third kappa shape index (κ3) is 8.33. The molecule has 0 aliphatic rings. The van der Waals surface area contributed by atoms with Crippen LogP contribution in [0.15, 0.2) is 42.5 Å². The first-order valence-electron chi connectivity index (χ1n) is 12.3. The number of amides is 2. The molecule has 0 radical (unpaired) electrons. The maximum atomic E-state index is 13.4. The molecule has 7 nitrogen and oxygen atoms in total. The molecular weight excluding hydrogens is 481 g/mol. The fraction of sp³-hybridized carbons (Fsp3) is 0.481. The SMILES string of the molecule is CCCCNC(=O)[C@@H](C)N(Cc1ccc(F)cc1)C(=O)CCCN(c1cccc(C)c1C)S(C)(=O)=O. The zero-order valence-corrected chi connectivity index (χ0v) is 22.7. The van der Waals surface area contributed by atoms with Crippen LogP contribution in [0, 0.1) is 19.7 Å². The Kier molecular flexibility index (Phi) is 10.9. The molecule has 198 valence electrons. The predicted molar refractivity (Wildman–Crippen MR) is 142 cm³/mol. The number of nitrogens with one attached hydrogen (secondary N) is 1. The molecule has 0 saturated heterocycles. The van der Waals surface area contributed by atoms with Crippen LogP contribution in [0.1, 0.15) is 56.2 Å². The average molecular weight is 520 g/mol. The molecule has 0 aliphatic heterocycles. The molecule has 9 heteroatoms. The van der Waals surface area contributed by atoms with Gasteiger partial charge < -0.3 is 10.2 Å². The Morgan fingerprint density at radius 3 is 2.33 bits per heavy atom. The minimum Gasteiger partial charge on any atom is -0.354 e. The Morgan fingerprint density at radius 1 is 1.06 bits per heavy atom. The van der Waals surface area contributed by atoms with E-state index in [1.165, 1.54) is 21.3 Å². The lowest BCUT2D eigenvalue weighted by atomic mass is 10.1. The summed E-state index contributed by atoms with van der Waals surface area (Å²) in [6.07, 6.45) is 3.27. The van der Waals surface area contributed by atoms with Crippen LogP contribution in [-0.2, 0) is 26.2 Å². The molecule has 0 saturated carbocycles. The Hall–Kier alpha value is -2.94. The topological polar surface area (TPSA) is 86.8 Å². The van der Waals surface area contributed by atoms with Gasteiger partial charge in [-0.3, -0.25) is 13.9 Å². The molecule has 0 bridgehead atoms. The van der Waals surface area contributed by atoms with Gasteiger partial charge >= 0.3 is 0 Å². The van der Waals surface area contributed by atoms with E-state index in [0.29, 0.717) is 17.8 Å². The molecule has 0 fully saturated rings. The molecular formula is C27H38FN3O4S. The van der Waals surface area contributed by atoms with Gasteiger partial charge in [0.05, 0.1) is 11.9 Å². The zero-order valence-electron chi connectivity index (χ0n) is 21.9. The molecule has 36 heavy (non-hydrogen) atoms. The van der Waals surface area contributed by atoms with Crippen LogP contribution in [0.25, 0.3) is 0 Å². The molecule has 2 aromatic rings. The summed E-state index contributed by atoms with van der Waals surface area (Å²) < 4.78 is 39.8. The van der Waals surface area contributed by atoms with E-state index in [2.05, 4.69) is 5.32 Å². The molecule has 0 aliphatic carbocycles. The zero-order chi connectivity index (χ0) is 26.9. The third-order valence-electron chi connectivity index (χ3n) is 6.26. The molecule has 1 atom stereocenters. The van der Waals surface area contributed by atoms with Crippen LogP contribution in [0.5, 0.6) is 0 Å². The van der Waals surface area contributed by atoms with E-state index < -0.39 is 16.1 Å². The lowest BCUT2D eigenvalue weighted by Crippen LogP contribution is -2.48. The minimum atomic E-state index is -3.56. The number of hydrogen-bond donors (Lipinski definition) is 1. The second-order valence-electron chi connectivity index (χ2n) is 9.13. The predicted octanol–water partition coefficient (Wildman–Crippen LogP) is 4.32. The number of unbranched alkanes of at least 4 members (excludes halogenated alkanes) is 1. The summed E-state index contributed by atoms with van der Waals surface area (Å²) >= 11 is 0. The standard InChI is InChI=1S/C27H38FN3O4S/c1-6-7-17-29-27(33)22(4)30(19-23-13-15-24(28)16-14-23)26(32)12-9-18-31(36(5,34)35)25-11-8-10-20(2)21(25)3/h8,10-11,13-16,22H,6-7,9,12,17-19H2,1-5H3,(H,29,33)/t22-/m1/s1. The van der Waals surface area contributed by atoms with Gasteiger partial charge in [0.1, 0.15) is 11.9 Å². The van der Waals surface area contributed by atoms with Crippen molar-refractivity contribution in [1.82, 2.24) is 10.2 Å². The van der Waals surface area contributed by atoms with E-state index in [0.717, 1.165) is 30.2 Å². The van der Waals surface area contributed by atoms with E-state index in [1.807, 2.05) is 32.9 Å². The van der Waals surface area contributed by atoms with Crippen molar-refractivity contribution in [2.45, 2.75) is 66.0 Å². The van der Waals surface area contributed by atoms with Crippen molar-refractivity contribution in [3.05, 3.63) is 65.0 Å². The number of halogens is 1. The van der Waals surface area contributed by atoms with Gasteiger partial charge in [0.25, 0.3) is 0 Å². The van der Waals surface area contributed by atoms with E-state index in [1.54, 1.807) is 25.1 Å². The first-order valence-corrected chi connectivity index (χ1v) is 14.2. The smallest absolute Gasteiger partial charge is 0.242 e. The molecule has 0 aromatic heterocycles. The fourth-order valence-corrected chi connectivity index (χ4v) is 4.91. The Morgan fingerprint density at radius 2 is 1.72 bits per heavy atom. The summed E-state index contributed by atoms with van der Waals surface area (Å²) in [6.45, 7) is 8.29. The van der Waals surface area contributed by atoms with Crippen molar-refractivity contribution in [3.63, 3.8) is 0 Å². The quantitative estimate of drug-likeness (QED) is 0.399. The Balaban J connectivity index is 2.17. The highest BCUT2D eigenvalue weighted by Crippen LogP contribution is 2.25. The first-order chi connectivity index (χ1) is 17.0. The van der Waals surface area contributed by atoms with Gasteiger partial charge in [-0.15, -0.1) is 0 Å². The van der Waals surface area contributed by atoms with E-state index in [9.17, 15) is 22.4 Å². The summed E-state index contributed by atoms with van der Waals surface area (Å²) in [5, 5.41) is 2.86. The number of benzene rings is 2. The second kappa shape index (κ2) is 13.4. The van der Waals surface area contributed by atoms with Gasteiger partial charge in [-0.25, -0.2) is 12.8 Å². The van der Waals surface area contributed by atoms with E-state index in [-0.39, 0.29) is 43.6 Å². The summed E-state index contributed by atoms with van der Waals surface area (Å²) in [5.41, 5.74) is 3.14. The number of aryl methyl sites for hydroxylation is 1. The van der Waals surface area contributed by atoms with E-state index >= 15 is 0 Å². The first kappa shape index (κ1) is 29.3. The van der Waals surface area contributed by atoms with Crippen molar-refractivity contribution < 1.29 is 22.4 Å². The summed E-state index contributed by atoms with van der Waals surface area (Å²) in [4.78, 5) is 27.5. The van der Waals surface area contributed by atoms with Crippen LogP contribution < -0.4 is 9.62 Å². The van der Waals surface area contributed by atoms with Gasteiger partial charge in [-0.1, -0.05) is 37.6 Å². The van der Waals surface area contributed by atoms with Gasteiger partial charge in [0.15, 0.2) is 0 Å². The normalized spacial score (nSPS) is 12.2. The van der Waals surface area contributed by atoms with Gasteiger partial charge in [-0.2, -0.15) is 0 Å². The highest BCUT2D eigenvalue weighted by Gasteiger charge is 2.27. The maximum absolute atomic E-state index is 13.4. The lowest BCUT2D eigenvalue weighted by molar-refractivity contribution is -0.140. The van der Waals surface area contributed by atoms with Crippen molar-refractivity contribution in [2.24, 2.45) is 0 Å². The fourth-order valence-electron chi connectivity index (χ4n) is 3.89. The highest BCUT2D eigenvalue weighted by atomic mass is 32.2. The maximum Gasteiger partial charge on any atom is 0.242 e. The number of nitrogens with zero attached hydrogens (tertiary/aromatic N) is 2. The lowest BCUT2D eigenvalue weighted by Gasteiger charge is -2.29. The molecule has 2 rings (SSSR count). The van der Waals surface area contributed by atoms with Crippen molar-refractivity contribution in [2.75, 3.05) is 23.7 Å². The average Bonchev–Trinajstić information content (AvgIpc) is 2.82. The van der Waals surface area contributed by atoms with E-state index in [4.69, 9.17) is 0 Å². The highest BCUT2D eigenvalue weighted by molar-refractivity contribution is 7.92. The minimum absolute atomic E-state index is 0.0602. The van der Waals surface area contributed by atoms with Crippen LogP contribution in [-0.4, -0.2) is 50.5 Å². The van der Waals surface area contributed by atoms with Crippen LogP contribution in [0.3, 0.4) is 0 Å². The monoisotopic (exact) mass is 519 g/mol. The molecule has 2 amide bonds. The third-order valence-corrected chi connectivity index (χ3v) is 7.44. The van der Waals surface area contributed by atoms with Crippen LogP contribution in [0.2, 0.25) is 0 Å². The van der Waals surface area contributed by atoms with Crippen molar-refractivity contribution in [3.8, 4) is 0 Å². The molecule has 2 aromatic carbocycles. The molecule has 0 spiro atoms. The van der Waals surface area contributed by atoms with Gasteiger partial charge in [0, 0.05) is 26.1 Å². The number of anilines is 1. The van der Waals surface area contributed by atoms with Crippen molar-refractivity contribution >= 4 is 27.5 Å². The number of rotatable bonds is 13. The van der Waals surface area contributed by atoms with Gasteiger partial charge in [0.2, 0.25) is 21.8 Å².